The molecule has 5 rings (SSSR count). The number of piperazine rings is 1. The Morgan fingerprint density at radius 2 is 2.03 bits per heavy atom. The normalized spacial score (nSPS) is 20.4. The second-order valence-electron chi connectivity index (χ2n) is 7.33. The molecule has 0 aliphatic carbocycles. The lowest BCUT2D eigenvalue weighted by molar-refractivity contribution is 0.0710. The number of hydrogen-bond acceptors (Lipinski definition) is 9. The number of nitrogens with one attached hydrogen (secondary N) is 1. The fourth-order valence-electron chi connectivity index (χ4n) is 3.72. The maximum absolute atomic E-state index is 5.95. The van der Waals surface area contributed by atoms with E-state index in [-0.39, 0.29) is 6.04 Å². The number of fused-ring (bicyclic) bond motifs is 1. The second kappa shape index (κ2) is 8.52. The van der Waals surface area contributed by atoms with Crippen molar-refractivity contribution in [1.82, 2.24) is 15.5 Å². The van der Waals surface area contributed by atoms with Crippen LogP contribution in [0.2, 0.25) is 0 Å². The molecule has 2 aliphatic rings. The third-order valence-electron chi connectivity index (χ3n) is 5.35. The Bertz CT molecular complexity index is 1090. The highest BCUT2D eigenvalue weighted by Gasteiger charge is 2.31. The van der Waals surface area contributed by atoms with E-state index in [1.54, 1.807) is 7.11 Å². The van der Waals surface area contributed by atoms with E-state index in [9.17, 15) is 0 Å². The van der Waals surface area contributed by atoms with E-state index in [0.717, 1.165) is 24.5 Å². The molecule has 9 heteroatoms. The van der Waals surface area contributed by atoms with Crippen molar-refractivity contribution in [3.63, 3.8) is 0 Å². The Kier molecular flexibility index (Phi) is 5.44. The average molecular weight is 439 g/mol. The minimum absolute atomic E-state index is 0.0903. The van der Waals surface area contributed by atoms with E-state index < -0.39 is 6.10 Å². The van der Waals surface area contributed by atoms with Crippen LogP contribution in [0, 0.1) is 0 Å². The van der Waals surface area contributed by atoms with Crippen molar-refractivity contribution < 1.29 is 18.6 Å². The summed E-state index contributed by atoms with van der Waals surface area (Å²) in [5.41, 5.74) is 1.09. The lowest BCUT2D eigenvalue weighted by atomic mass is 10.1. The van der Waals surface area contributed by atoms with E-state index in [2.05, 4.69) is 26.5 Å². The summed E-state index contributed by atoms with van der Waals surface area (Å²) in [6.07, 6.45) is -0.466. The van der Waals surface area contributed by atoms with Crippen LogP contribution in [0.4, 0.5) is 5.69 Å². The van der Waals surface area contributed by atoms with Crippen LogP contribution in [0.25, 0.3) is 0 Å². The molecule has 160 valence electrons. The third-order valence-corrected chi connectivity index (χ3v) is 5.80. The van der Waals surface area contributed by atoms with Gasteiger partial charge in [0.25, 0.3) is 11.8 Å². The second-order valence-corrected chi connectivity index (χ2v) is 7.77. The number of anilines is 1. The Balaban J connectivity index is 1.28. The van der Waals surface area contributed by atoms with Gasteiger partial charge in [-0.25, -0.2) is 0 Å². The Morgan fingerprint density at radius 1 is 1.16 bits per heavy atom. The number of benzene rings is 2. The molecule has 0 spiro atoms. The SMILES string of the molecule is COc1cccc(N2CCNC(C(=S)c3nnc(C4COc5ccccc5O4)o3)C2)c1. The summed E-state index contributed by atoms with van der Waals surface area (Å²) >= 11 is 5.69. The lowest BCUT2D eigenvalue weighted by Crippen LogP contribution is -2.54. The van der Waals surface area contributed by atoms with Gasteiger partial charge in [0.05, 0.1) is 18.0 Å². The van der Waals surface area contributed by atoms with Crippen LogP contribution in [0.15, 0.2) is 52.9 Å². The molecule has 0 radical (unpaired) electrons. The molecule has 0 bridgehead atoms. The molecule has 2 aromatic carbocycles. The zero-order valence-corrected chi connectivity index (χ0v) is 17.8. The van der Waals surface area contributed by atoms with Gasteiger partial charge in [-0.05, 0) is 24.3 Å². The fraction of sp³-hybridized carbons (Fsp3) is 0.318. The molecule has 1 N–H and O–H groups in total. The summed E-state index contributed by atoms with van der Waals surface area (Å²) in [6, 6.07) is 15.4. The van der Waals surface area contributed by atoms with Crippen molar-refractivity contribution in [2.24, 2.45) is 0 Å². The zero-order chi connectivity index (χ0) is 21.2. The van der Waals surface area contributed by atoms with Gasteiger partial charge in [0.1, 0.15) is 12.4 Å². The summed E-state index contributed by atoms with van der Waals surface area (Å²) in [5.74, 6) is 2.87. The molecule has 0 amide bonds. The molecule has 3 aromatic rings. The average Bonchev–Trinajstić information content (AvgIpc) is 3.34. The fourth-order valence-corrected chi connectivity index (χ4v) is 3.96. The predicted molar refractivity (Wildman–Crippen MR) is 118 cm³/mol. The highest BCUT2D eigenvalue weighted by molar-refractivity contribution is 7.81. The van der Waals surface area contributed by atoms with Crippen LogP contribution < -0.4 is 24.4 Å². The van der Waals surface area contributed by atoms with Crippen LogP contribution in [0.3, 0.4) is 0 Å². The smallest absolute Gasteiger partial charge is 0.260 e. The first-order chi connectivity index (χ1) is 15.2. The van der Waals surface area contributed by atoms with Crippen LogP contribution in [0.1, 0.15) is 17.9 Å². The van der Waals surface area contributed by atoms with Crippen LogP contribution in [-0.4, -0.2) is 54.5 Å². The monoisotopic (exact) mass is 438 g/mol. The first-order valence-corrected chi connectivity index (χ1v) is 10.5. The van der Waals surface area contributed by atoms with E-state index >= 15 is 0 Å². The van der Waals surface area contributed by atoms with Gasteiger partial charge in [0.2, 0.25) is 6.10 Å². The maximum Gasteiger partial charge on any atom is 0.260 e. The minimum Gasteiger partial charge on any atom is -0.497 e. The first-order valence-electron chi connectivity index (χ1n) is 10.1. The summed E-state index contributed by atoms with van der Waals surface area (Å²) in [7, 11) is 1.67. The largest absolute Gasteiger partial charge is 0.497 e. The summed E-state index contributed by atoms with van der Waals surface area (Å²) in [5, 5.41) is 11.8. The first kappa shape index (κ1) is 19.8. The highest BCUT2D eigenvalue weighted by atomic mass is 32.1. The number of aromatic nitrogens is 2. The number of ether oxygens (including phenoxy) is 3. The van der Waals surface area contributed by atoms with Crippen molar-refractivity contribution in [2.45, 2.75) is 12.1 Å². The predicted octanol–water partition coefficient (Wildman–Crippen LogP) is 2.79. The van der Waals surface area contributed by atoms with Gasteiger partial charge in [0.15, 0.2) is 11.5 Å². The zero-order valence-electron chi connectivity index (χ0n) is 17.0. The number of thiocarbonyl (C=S) groups is 1. The number of para-hydroxylation sites is 2. The number of hydrogen-bond donors (Lipinski definition) is 1. The molecule has 2 atom stereocenters. The molecule has 8 nitrogen and oxygen atoms in total. The summed E-state index contributed by atoms with van der Waals surface area (Å²) < 4.78 is 22.9. The standard InChI is InChI=1S/C22H22N4O4S/c1-27-15-6-4-5-14(11-15)26-10-9-23-16(12-26)20(31)22-25-24-21(30-22)19-13-28-17-7-2-3-8-18(17)29-19/h2-8,11,16,19,23H,9-10,12-13H2,1H3. The topological polar surface area (TPSA) is 81.9 Å². The van der Waals surface area contributed by atoms with Gasteiger partial charge < -0.3 is 28.8 Å². The molecule has 1 saturated heterocycles. The molecule has 2 unspecified atom stereocenters. The number of rotatable bonds is 5. The Labute approximate surface area is 185 Å². The lowest BCUT2D eigenvalue weighted by Gasteiger charge is -2.35. The van der Waals surface area contributed by atoms with Crippen LogP contribution in [0.5, 0.6) is 17.2 Å². The van der Waals surface area contributed by atoms with Gasteiger partial charge in [-0.3, -0.25) is 0 Å². The van der Waals surface area contributed by atoms with Gasteiger partial charge in [0, 0.05) is 31.4 Å². The van der Waals surface area contributed by atoms with Gasteiger partial charge >= 0.3 is 0 Å². The van der Waals surface area contributed by atoms with E-state index in [1.807, 2.05) is 42.5 Å². The molecular weight excluding hydrogens is 416 g/mol. The van der Waals surface area contributed by atoms with Crippen molar-refractivity contribution >= 4 is 22.8 Å². The number of methoxy groups -OCH3 is 1. The summed E-state index contributed by atoms with van der Waals surface area (Å²) in [6.45, 7) is 2.66. The van der Waals surface area contributed by atoms with Crippen molar-refractivity contribution in [1.29, 1.82) is 0 Å². The van der Waals surface area contributed by atoms with Crippen molar-refractivity contribution in [3.05, 3.63) is 60.3 Å². The van der Waals surface area contributed by atoms with E-state index in [1.165, 1.54) is 0 Å². The molecule has 31 heavy (non-hydrogen) atoms. The molecule has 2 aliphatic heterocycles. The minimum atomic E-state index is -0.466. The van der Waals surface area contributed by atoms with E-state index in [4.69, 9.17) is 30.8 Å². The Hall–Kier alpha value is -3.17. The van der Waals surface area contributed by atoms with E-state index in [0.29, 0.717) is 41.3 Å². The van der Waals surface area contributed by atoms with Crippen molar-refractivity contribution in [3.8, 4) is 17.2 Å². The third kappa shape index (κ3) is 4.06. The molecular formula is C22H22N4O4S. The van der Waals surface area contributed by atoms with Crippen LogP contribution >= 0.6 is 12.2 Å². The highest BCUT2D eigenvalue weighted by Crippen LogP contribution is 2.35. The molecule has 1 aromatic heterocycles. The van der Waals surface area contributed by atoms with Gasteiger partial charge in [-0.15, -0.1) is 10.2 Å². The molecule has 3 heterocycles. The van der Waals surface area contributed by atoms with Crippen molar-refractivity contribution in [2.75, 3.05) is 38.3 Å². The van der Waals surface area contributed by atoms with Gasteiger partial charge in [-0.2, -0.15) is 0 Å². The maximum atomic E-state index is 5.95. The van der Waals surface area contributed by atoms with Gasteiger partial charge in [-0.1, -0.05) is 30.4 Å². The van der Waals surface area contributed by atoms with Crippen LogP contribution in [-0.2, 0) is 0 Å². The quantitative estimate of drug-likeness (QED) is 0.478. The molecule has 0 saturated carbocycles. The number of nitrogens with zero attached hydrogens (tertiary/aromatic N) is 3. The Morgan fingerprint density at radius 3 is 2.90 bits per heavy atom. The molecule has 1 fully saturated rings. The summed E-state index contributed by atoms with van der Waals surface area (Å²) in [4.78, 5) is 2.85.